The van der Waals surface area contributed by atoms with Gasteiger partial charge in [0.1, 0.15) is 11.8 Å². The van der Waals surface area contributed by atoms with Gasteiger partial charge in [-0.15, -0.1) is 0 Å². The maximum atomic E-state index is 13.5. The lowest BCUT2D eigenvalue weighted by molar-refractivity contribution is -0.143. The summed E-state index contributed by atoms with van der Waals surface area (Å²) in [6.07, 6.45) is 5.59. The number of hydrogen-bond acceptors (Lipinski definition) is 5. The SMILES string of the molecule is CN1CC[C@]2(C(=O)NC3CCOCC3)CCCN(C(=O)c3cc(C#N)c[nH]3)[C@@H]2C1. The Bertz CT molecular complexity index is 809. The first-order chi connectivity index (χ1) is 14.0. The number of rotatable bonds is 3. The molecule has 29 heavy (non-hydrogen) atoms. The number of piperidine rings is 2. The van der Waals surface area contributed by atoms with Crippen LogP contribution in [0.2, 0.25) is 0 Å². The summed E-state index contributed by atoms with van der Waals surface area (Å²) in [7, 11) is 2.04. The highest BCUT2D eigenvalue weighted by Gasteiger charge is 2.53. The summed E-state index contributed by atoms with van der Waals surface area (Å²) < 4.78 is 5.42. The number of amides is 2. The number of H-pyrrole nitrogens is 1. The number of aromatic nitrogens is 1. The second-order valence-corrected chi connectivity index (χ2v) is 8.56. The van der Waals surface area contributed by atoms with Crippen molar-refractivity contribution >= 4 is 11.8 Å². The van der Waals surface area contributed by atoms with E-state index in [9.17, 15) is 9.59 Å². The summed E-state index contributed by atoms with van der Waals surface area (Å²) in [4.78, 5) is 33.8. The van der Waals surface area contributed by atoms with Gasteiger partial charge >= 0.3 is 0 Å². The van der Waals surface area contributed by atoms with Gasteiger partial charge < -0.3 is 24.8 Å². The van der Waals surface area contributed by atoms with Crippen molar-refractivity contribution in [3.63, 3.8) is 0 Å². The lowest BCUT2D eigenvalue weighted by Gasteiger charge is -2.53. The number of likely N-dealkylation sites (N-methyl/N-ethyl adjacent to an activating group) is 1. The highest BCUT2D eigenvalue weighted by Crippen LogP contribution is 2.43. The zero-order valence-corrected chi connectivity index (χ0v) is 16.9. The second kappa shape index (κ2) is 8.17. The molecule has 2 amide bonds. The first-order valence-electron chi connectivity index (χ1n) is 10.5. The van der Waals surface area contributed by atoms with Gasteiger partial charge in [0.15, 0.2) is 0 Å². The molecule has 156 valence electrons. The molecule has 3 saturated heterocycles. The van der Waals surface area contributed by atoms with Crippen LogP contribution >= 0.6 is 0 Å². The molecule has 1 aromatic heterocycles. The third kappa shape index (κ3) is 3.77. The van der Waals surface area contributed by atoms with Crippen LogP contribution in [-0.4, -0.2) is 78.6 Å². The van der Waals surface area contributed by atoms with E-state index in [4.69, 9.17) is 10.00 Å². The number of likely N-dealkylation sites (tertiary alicyclic amines) is 2. The number of nitrogens with one attached hydrogen (secondary N) is 2. The van der Waals surface area contributed by atoms with Gasteiger partial charge in [0.25, 0.3) is 5.91 Å². The van der Waals surface area contributed by atoms with Crippen molar-refractivity contribution in [3.05, 3.63) is 23.5 Å². The van der Waals surface area contributed by atoms with Crippen LogP contribution in [-0.2, 0) is 9.53 Å². The molecular weight excluding hydrogens is 370 g/mol. The number of carbonyl (C=O) groups is 2. The van der Waals surface area contributed by atoms with Gasteiger partial charge in [0, 0.05) is 38.5 Å². The van der Waals surface area contributed by atoms with Gasteiger partial charge in [-0.3, -0.25) is 9.59 Å². The Hall–Kier alpha value is -2.37. The molecule has 8 heteroatoms. The minimum atomic E-state index is -0.552. The summed E-state index contributed by atoms with van der Waals surface area (Å²) in [5.41, 5.74) is 0.300. The van der Waals surface area contributed by atoms with Gasteiger partial charge in [-0.05, 0) is 51.8 Å². The molecule has 2 N–H and O–H groups in total. The number of ether oxygens (including phenoxy) is 1. The van der Waals surface area contributed by atoms with Gasteiger partial charge in [0.2, 0.25) is 5.91 Å². The highest BCUT2D eigenvalue weighted by atomic mass is 16.5. The Kier molecular flexibility index (Phi) is 5.61. The largest absolute Gasteiger partial charge is 0.381 e. The summed E-state index contributed by atoms with van der Waals surface area (Å²) in [6, 6.07) is 3.63. The average Bonchev–Trinajstić information content (AvgIpc) is 3.23. The summed E-state index contributed by atoms with van der Waals surface area (Å²) >= 11 is 0. The fraction of sp³-hybridized carbons (Fsp3) is 0.667. The van der Waals surface area contributed by atoms with E-state index in [1.54, 1.807) is 12.3 Å². The Balaban J connectivity index is 1.58. The van der Waals surface area contributed by atoms with Crippen molar-refractivity contribution in [2.24, 2.45) is 5.41 Å². The second-order valence-electron chi connectivity index (χ2n) is 8.56. The highest BCUT2D eigenvalue weighted by molar-refractivity contribution is 5.94. The minimum absolute atomic E-state index is 0.0872. The van der Waals surface area contributed by atoms with Crippen molar-refractivity contribution in [2.45, 2.75) is 44.2 Å². The molecule has 3 aliphatic rings. The Morgan fingerprint density at radius 1 is 1.31 bits per heavy atom. The molecule has 8 nitrogen and oxygen atoms in total. The third-order valence-electron chi connectivity index (χ3n) is 6.77. The fourth-order valence-electron chi connectivity index (χ4n) is 5.06. The van der Waals surface area contributed by atoms with Gasteiger partial charge in [0.05, 0.1) is 17.0 Å². The number of aromatic amines is 1. The molecule has 0 aliphatic carbocycles. The number of nitriles is 1. The zero-order chi connectivity index (χ0) is 20.4. The average molecular weight is 399 g/mol. The molecule has 0 unspecified atom stereocenters. The summed E-state index contributed by atoms with van der Waals surface area (Å²) in [5, 5.41) is 12.4. The van der Waals surface area contributed by atoms with Crippen molar-refractivity contribution in [2.75, 3.05) is 39.9 Å². The van der Waals surface area contributed by atoms with Crippen LogP contribution < -0.4 is 5.32 Å². The molecule has 3 aliphatic heterocycles. The van der Waals surface area contributed by atoms with Crippen molar-refractivity contribution in [1.29, 1.82) is 5.26 Å². The van der Waals surface area contributed by atoms with Crippen LogP contribution in [0.5, 0.6) is 0 Å². The molecule has 0 spiro atoms. The smallest absolute Gasteiger partial charge is 0.270 e. The molecule has 0 saturated carbocycles. The molecule has 0 aromatic carbocycles. The molecule has 2 atom stereocenters. The van der Waals surface area contributed by atoms with Crippen LogP contribution in [0.4, 0.5) is 0 Å². The number of hydrogen-bond donors (Lipinski definition) is 2. The third-order valence-corrected chi connectivity index (χ3v) is 6.77. The molecule has 0 bridgehead atoms. The number of carbonyl (C=O) groups excluding carboxylic acids is 2. The Labute approximate surface area is 171 Å². The summed E-state index contributed by atoms with van der Waals surface area (Å²) in [5.74, 6) is -0.0426. The molecule has 4 rings (SSSR count). The molecule has 1 aromatic rings. The Morgan fingerprint density at radius 2 is 2.10 bits per heavy atom. The van der Waals surface area contributed by atoms with E-state index in [0.717, 1.165) is 38.6 Å². The molecular formula is C21H29N5O3. The van der Waals surface area contributed by atoms with Crippen LogP contribution in [0.25, 0.3) is 0 Å². The van der Waals surface area contributed by atoms with E-state index in [-0.39, 0.29) is 23.9 Å². The topological polar surface area (TPSA) is 101 Å². The van der Waals surface area contributed by atoms with Crippen LogP contribution in [0.1, 0.15) is 48.2 Å². The zero-order valence-electron chi connectivity index (χ0n) is 16.9. The minimum Gasteiger partial charge on any atom is -0.381 e. The van der Waals surface area contributed by atoms with E-state index >= 15 is 0 Å². The first kappa shape index (κ1) is 19.9. The Morgan fingerprint density at radius 3 is 2.83 bits per heavy atom. The predicted molar refractivity (Wildman–Crippen MR) is 106 cm³/mol. The van der Waals surface area contributed by atoms with Crippen LogP contribution in [0.3, 0.4) is 0 Å². The van der Waals surface area contributed by atoms with Crippen LogP contribution in [0, 0.1) is 16.7 Å². The monoisotopic (exact) mass is 399 g/mol. The van der Waals surface area contributed by atoms with E-state index in [2.05, 4.69) is 21.3 Å². The molecule has 0 radical (unpaired) electrons. The molecule has 4 heterocycles. The number of nitrogens with zero attached hydrogens (tertiary/aromatic N) is 3. The standard InChI is InChI=1S/C21H29N5O3/c1-25-8-6-21(20(28)24-16-3-9-29-10-4-16)5-2-7-26(18(21)14-25)19(27)17-11-15(12-22)13-23-17/h11,13,16,18,23H,2-10,14H2,1H3,(H,24,28)/t18-,21-/m1/s1. The maximum Gasteiger partial charge on any atom is 0.270 e. The van der Waals surface area contributed by atoms with Crippen molar-refractivity contribution < 1.29 is 14.3 Å². The quantitative estimate of drug-likeness (QED) is 0.793. The summed E-state index contributed by atoms with van der Waals surface area (Å²) in [6.45, 7) is 3.52. The van der Waals surface area contributed by atoms with E-state index < -0.39 is 5.41 Å². The van der Waals surface area contributed by atoms with E-state index in [1.807, 2.05) is 11.9 Å². The van der Waals surface area contributed by atoms with Gasteiger partial charge in [-0.25, -0.2) is 0 Å². The fourth-order valence-corrected chi connectivity index (χ4v) is 5.06. The maximum absolute atomic E-state index is 13.5. The van der Waals surface area contributed by atoms with E-state index in [0.29, 0.717) is 37.6 Å². The lowest BCUT2D eigenvalue weighted by atomic mass is 9.67. The normalized spacial score (nSPS) is 28.4. The number of fused-ring (bicyclic) bond motifs is 1. The van der Waals surface area contributed by atoms with Crippen LogP contribution in [0.15, 0.2) is 12.3 Å². The predicted octanol–water partition coefficient (Wildman–Crippen LogP) is 1.11. The van der Waals surface area contributed by atoms with Crippen molar-refractivity contribution in [3.8, 4) is 6.07 Å². The van der Waals surface area contributed by atoms with Gasteiger partial charge in [-0.2, -0.15) is 5.26 Å². The molecule has 3 fully saturated rings. The van der Waals surface area contributed by atoms with Crippen molar-refractivity contribution in [1.82, 2.24) is 20.1 Å². The van der Waals surface area contributed by atoms with E-state index in [1.165, 1.54) is 0 Å². The van der Waals surface area contributed by atoms with Gasteiger partial charge in [-0.1, -0.05) is 0 Å². The first-order valence-corrected chi connectivity index (χ1v) is 10.5. The lowest BCUT2D eigenvalue weighted by Crippen LogP contribution is -2.67.